The summed E-state index contributed by atoms with van der Waals surface area (Å²) in [7, 11) is 1.65. The highest BCUT2D eigenvalue weighted by Gasteiger charge is 2.47. The maximum Gasteiger partial charge on any atom is 0.416 e. The number of alkyl halides is 3. The Hall–Kier alpha value is -1.63. The van der Waals surface area contributed by atoms with Gasteiger partial charge in [0.1, 0.15) is 5.54 Å². The monoisotopic (exact) mass is 302 g/mol. The molecule has 0 bridgehead atoms. The van der Waals surface area contributed by atoms with Gasteiger partial charge in [-0.15, -0.1) is 0 Å². The lowest BCUT2D eigenvalue weighted by Gasteiger charge is -2.24. The molecule has 2 rings (SSSR count). The highest BCUT2D eigenvalue weighted by molar-refractivity contribution is 7.80. The molecule has 20 heavy (non-hydrogen) atoms. The van der Waals surface area contributed by atoms with E-state index in [0.717, 1.165) is 17.0 Å². The van der Waals surface area contributed by atoms with Gasteiger partial charge in [-0.1, -0.05) is 6.07 Å². The zero-order valence-electron chi connectivity index (χ0n) is 11.2. The van der Waals surface area contributed by atoms with Crippen molar-refractivity contribution in [3.8, 4) is 0 Å². The number of carbonyl (C=O) groups is 1. The molecule has 1 aliphatic rings. The van der Waals surface area contributed by atoms with Crippen LogP contribution in [0, 0.1) is 0 Å². The number of rotatable bonds is 1. The number of carbonyl (C=O) groups excluding carboxylic acids is 1. The zero-order valence-corrected chi connectivity index (χ0v) is 12.0. The number of hydrogen-bond acceptors (Lipinski definition) is 2. The number of amides is 1. The summed E-state index contributed by atoms with van der Waals surface area (Å²) in [5.41, 5.74) is -1.55. The van der Waals surface area contributed by atoms with E-state index in [0.29, 0.717) is 0 Å². The van der Waals surface area contributed by atoms with Crippen molar-refractivity contribution in [2.24, 2.45) is 0 Å². The number of nitrogens with zero attached hydrogens (tertiary/aromatic N) is 2. The van der Waals surface area contributed by atoms with Crippen LogP contribution in [-0.4, -0.2) is 28.5 Å². The topological polar surface area (TPSA) is 23.6 Å². The zero-order chi connectivity index (χ0) is 15.3. The van der Waals surface area contributed by atoms with Crippen molar-refractivity contribution < 1.29 is 18.0 Å². The van der Waals surface area contributed by atoms with Crippen molar-refractivity contribution in [1.82, 2.24) is 4.90 Å². The van der Waals surface area contributed by atoms with E-state index in [9.17, 15) is 18.0 Å². The minimum Gasteiger partial charge on any atom is -0.337 e. The Morgan fingerprint density at radius 3 is 2.30 bits per heavy atom. The molecule has 0 saturated carbocycles. The highest BCUT2D eigenvalue weighted by Crippen LogP contribution is 2.35. The molecule has 1 amide bonds. The first-order valence-electron chi connectivity index (χ1n) is 5.86. The quantitative estimate of drug-likeness (QED) is 0.745. The summed E-state index contributed by atoms with van der Waals surface area (Å²) in [5, 5.41) is 0.194. The van der Waals surface area contributed by atoms with Crippen molar-refractivity contribution in [3.63, 3.8) is 0 Å². The minimum absolute atomic E-state index is 0.132. The largest absolute Gasteiger partial charge is 0.416 e. The second-order valence-electron chi connectivity index (χ2n) is 5.09. The van der Waals surface area contributed by atoms with E-state index in [-0.39, 0.29) is 16.7 Å². The molecule has 1 saturated heterocycles. The number of benzene rings is 1. The molecule has 0 spiro atoms. The highest BCUT2D eigenvalue weighted by atomic mass is 32.1. The Morgan fingerprint density at radius 1 is 1.25 bits per heavy atom. The minimum atomic E-state index is -4.46. The van der Waals surface area contributed by atoms with E-state index in [2.05, 4.69) is 0 Å². The molecule has 1 aliphatic heterocycles. The number of thiocarbonyl (C=S) groups is 1. The lowest BCUT2D eigenvalue weighted by atomic mass is 10.0. The summed E-state index contributed by atoms with van der Waals surface area (Å²) in [6.45, 7) is 3.35. The molecule has 7 heteroatoms. The van der Waals surface area contributed by atoms with Gasteiger partial charge < -0.3 is 4.90 Å². The SMILES string of the molecule is CN1C(=S)N(c2cccc(C(F)(F)F)c2)C(=O)C1(C)C. The molecular formula is C13H13F3N2OS. The van der Waals surface area contributed by atoms with Crippen LogP contribution in [0.1, 0.15) is 19.4 Å². The van der Waals surface area contributed by atoms with Gasteiger partial charge in [-0.2, -0.15) is 13.2 Å². The van der Waals surface area contributed by atoms with Crippen LogP contribution in [0.2, 0.25) is 0 Å². The summed E-state index contributed by atoms with van der Waals surface area (Å²) in [5.74, 6) is -0.343. The van der Waals surface area contributed by atoms with Crippen LogP contribution in [0.5, 0.6) is 0 Å². The summed E-state index contributed by atoms with van der Waals surface area (Å²) in [4.78, 5) is 15.0. The van der Waals surface area contributed by atoms with E-state index in [1.807, 2.05) is 0 Å². The fourth-order valence-corrected chi connectivity index (χ4v) is 2.36. The van der Waals surface area contributed by atoms with Crippen LogP contribution >= 0.6 is 12.2 Å². The average molecular weight is 302 g/mol. The van der Waals surface area contributed by atoms with Crippen LogP contribution in [0.3, 0.4) is 0 Å². The Bertz CT molecular complexity index is 583. The van der Waals surface area contributed by atoms with Crippen LogP contribution in [0.15, 0.2) is 24.3 Å². The van der Waals surface area contributed by atoms with E-state index in [4.69, 9.17) is 12.2 Å². The third-order valence-corrected chi connectivity index (χ3v) is 3.93. The van der Waals surface area contributed by atoms with Crippen molar-refractivity contribution in [1.29, 1.82) is 0 Å². The number of hydrogen-bond donors (Lipinski definition) is 0. The van der Waals surface area contributed by atoms with Gasteiger partial charge in [-0.3, -0.25) is 9.69 Å². The lowest BCUT2D eigenvalue weighted by Crippen LogP contribution is -2.41. The van der Waals surface area contributed by atoms with E-state index >= 15 is 0 Å². The smallest absolute Gasteiger partial charge is 0.337 e. The molecule has 1 fully saturated rings. The molecule has 1 aromatic rings. The Morgan fingerprint density at radius 2 is 1.85 bits per heavy atom. The Kier molecular flexibility index (Phi) is 3.28. The fraction of sp³-hybridized carbons (Fsp3) is 0.385. The van der Waals surface area contributed by atoms with Crippen LogP contribution in [0.25, 0.3) is 0 Å². The van der Waals surface area contributed by atoms with Gasteiger partial charge in [0.05, 0.1) is 11.3 Å². The average Bonchev–Trinajstić information content (AvgIpc) is 2.50. The van der Waals surface area contributed by atoms with Gasteiger partial charge in [0.15, 0.2) is 5.11 Å². The molecule has 108 valence electrons. The van der Waals surface area contributed by atoms with Gasteiger partial charge in [-0.05, 0) is 44.3 Å². The number of halogens is 3. The third-order valence-electron chi connectivity index (χ3n) is 3.47. The van der Waals surface area contributed by atoms with E-state index in [1.54, 1.807) is 25.8 Å². The molecule has 0 aromatic heterocycles. The summed E-state index contributed by atoms with van der Waals surface area (Å²) in [6, 6.07) is 4.59. The molecule has 1 heterocycles. The normalized spacial score (nSPS) is 18.9. The second-order valence-corrected chi connectivity index (χ2v) is 5.45. The van der Waals surface area contributed by atoms with Gasteiger partial charge in [0, 0.05) is 7.05 Å². The van der Waals surface area contributed by atoms with Crippen molar-refractivity contribution in [2.75, 3.05) is 11.9 Å². The molecule has 0 unspecified atom stereocenters. The van der Waals surface area contributed by atoms with Crippen LogP contribution in [-0.2, 0) is 11.0 Å². The molecule has 0 aliphatic carbocycles. The van der Waals surface area contributed by atoms with Crippen LogP contribution < -0.4 is 4.90 Å². The Labute approximate surface area is 120 Å². The van der Waals surface area contributed by atoms with Gasteiger partial charge in [0.2, 0.25) is 0 Å². The maximum absolute atomic E-state index is 12.7. The van der Waals surface area contributed by atoms with Crippen molar-refractivity contribution in [3.05, 3.63) is 29.8 Å². The van der Waals surface area contributed by atoms with Gasteiger partial charge in [0.25, 0.3) is 5.91 Å². The predicted molar refractivity (Wildman–Crippen MR) is 73.4 cm³/mol. The summed E-state index contributed by atoms with van der Waals surface area (Å²) >= 11 is 5.16. The molecule has 0 N–H and O–H groups in total. The predicted octanol–water partition coefficient (Wildman–Crippen LogP) is 3.05. The molecular weight excluding hydrogens is 289 g/mol. The number of anilines is 1. The summed E-state index contributed by atoms with van der Waals surface area (Å²) in [6.07, 6.45) is -4.46. The molecule has 3 nitrogen and oxygen atoms in total. The van der Waals surface area contributed by atoms with Crippen molar-refractivity contribution in [2.45, 2.75) is 25.6 Å². The lowest BCUT2D eigenvalue weighted by molar-refractivity contribution is -0.137. The molecule has 0 atom stereocenters. The fourth-order valence-electron chi connectivity index (χ4n) is 1.94. The summed E-state index contributed by atoms with van der Waals surface area (Å²) < 4.78 is 38.2. The third kappa shape index (κ3) is 2.15. The maximum atomic E-state index is 12.7. The van der Waals surface area contributed by atoms with Crippen LogP contribution in [0.4, 0.5) is 18.9 Å². The first-order valence-corrected chi connectivity index (χ1v) is 6.27. The first-order chi connectivity index (χ1) is 9.06. The first kappa shape index (κ1) is 14.8. The number of likely N-dealkylation sites (N-methyl/N-ethyl adjacent to an activating group) is 1. The second kappa shape index (κ2) is 4.44. The van der Waals surface area contributed by atoms with E-state index in [1.165, 1.54) is 12.1 Å². The Balaban J connectivity index is 2.48. The van der Waals surface area contributed by atoms with Gasteiger partial charge >= 0.3 is 6.18 Å². The standard InChI is InChI=1S/C13H13F3N2OS/c1-12(2)10(19)18(11(20)17(12)3)9-6-4-5-8(7-9)13(14,15)16/h4-7H,1-3H3. The molecule has 0 radical (unpaired) electrons. The van der Waals surface area contributed by atoms with Crippen molar-refractivity contribution >= 4 is 28.9 Å². The van der Waals surface area contributed by atoms with E-state index < -0.39 is 17.3 Å². The molecule has 1 aromatic carbocycles. The van der Waals surface area contributed by atoms with Gasteiger partial charge in [-0.25, -0.2) is 0 Å².